The summed E-state index contributed by atoms with van der Waals surface area (Å²) in [5.74, 6) is 0.534. The van der Waals surface area contributed by atoms with Crippen LogP contribution in [0.5, 0.6) is 0 Å². The number of nitrogens with zero attached hydrogens (tertiary/aromatic N) is 5. The highest BCUT2D eigenvalue weighted by Gasteiger charge is 2.40. The number of piperidine rings is 2. The summed E-state index contributed by atoms with van der Waals surface area (Å²) in [5, 5.41) is 4.21. The van der Waals surface area contributed by atoms with Crippen molar-refractivity contribution in [3.8, 4) is 0 Å². The number of hydrogen-bond donors (Lipinski definition) is 1. The number of nitrogens with two attached hydrogens (primary N) is 1. The van der Waals surface area contributed by atoms with Crippen LogP contribution < -0.4 is 5.73 Å². The Balaban J connectivity index is 0.00000210. The van der Waals surface area contributed by atoms with Gasteiger partial charge in [-0.2, -0.15) is 5.10 Å². The second-order valence-electron chi connectivity index (χ2n) is 7.08. The van der Waals surface area contributed by atoms with Gasteiger partial charge in [0.15, 0.2) is 5.65 Å². The number of rotatable bonds is 4. The SMILES string of the molecule is Cl.NCCCN1C(=O)CC[C@H]2CN(C(=O)c3cnn4cccnc34)CC[C@H]21. The fourth-order valence-electron chi connectivity index (χ4n) is 4.24. The molecule has 2 aliphatic heterocycles. The summed E-state index contributed by atoms with van der Waals surface area (Å²) in [6.45, 7) is 2.65. The molecule has 2 aliphatic rings. The van der Waals surface area contributed by atoms with Crippen LogP contribution in [0.1, 0.15) is 36.0 Å². The Bertz CT molecular complexity index is 825. The number of fused-ring (bicyclic) bond motifs is 2. The Hall–Kier alpha value is -2.19. The molecule has 2 fully saturated rings. The summed E-state index contributed by atoms with van der Waals surface area (Å²) in [7, 11) is 0. The Morgan fingerprint density at radius 2 is 2.19 bits per heavy atom. The summed E-state index contributed by atoms with van der Waals surface area (Å²) >= 11 is 0. The molecule has 0 bridgehead atoms. The van der Waals surface area contributed by atoms with Gasteiger partial charge in [0, 0.05) is 44.5 Å². The van der Waals surface area contributed by atoms with Crippen molar-refractivity contribution in [2.45, 2.75) is 31.7 Å². The van der Waals surface area contributed by atoms with Crippen LogP contribution in [0.3, 0.4) is 0 Å². The molecule has 8 nitrogen and oxygen atoms in total. The average Bonchev–Trinajstić information content (AvgIpc) is 3.10. The molecule has 4 rings (SSSR count). The molecule has 2 saturated heterocycles. The van der Waals surface area contributed by atoms with E-state index < -0.39 is 0 Å². The van der Waals surface area contributed by atoms with Crippen molar-refractivity contribution in [2.75, 3.05) is 26.2 Å². The van der Waals surface area contributed by atoms with Crippen LogP contribution in [0.4, 0.5) is 0 Å². The van der Waals surface area contributed by atoms with Gasteiger partial charge in [0.2, 0.25) is 5.91 Å². The number of carbonyl (C=O) groups is 2. The molecule has 2 aromatic rings. The van der Waals surface area contributed by atoms with Crippen molar-refractivity contribution < 1.29 is 9.59 Å². The summed E-state index contributed by atoms with van der Waals surface area (Å²) in [6, 6.07) is 2.02. The van der Waals surface area contributed by atoms with Gasteiger partial charge in [-0.15, -0.1) is 12.4 Å². The lowest BCUT2D eigenvalue weighted by molar-refractivity contribution is -0.140. The molecule has 146 valence electrons. The van der Waals surface area contributed by atoms with E-state index in [2.05, 4.69) is 10.1 Å². The van der Waals surface area contributed by atoms with E-state index in [9.17, 15) is 9.59 Å². The van der Waals surface area contributed by atoms with E-state index in [1.54, 1.807) is 29.2 Å². The predicted molar refractivity (Wildman–Crippen MR) is 103 cm³/mol. The van der Waals surface area contributed by atoms with Crippen molar-refractivity contribution >= 4 is 29.9 Å². The maximum atomic E-state index is 13.0. The van der Waals surface area contributed by atoms with Gasteiger partial charge in [0.25, 0.3) is 5.91 Å². The molecule has 0 aliphatic carbocycles. The van der Waals surface area contributed by atoms with Gasteiger partial charge < -0.3 is 15.5 Å². The number of halogens is 1. The smallest absolute Gasteiger partial charge is 0.259 e. The molecule has 9 heteroatoms. The fourth-order valence-corrected chi connectivity index (χ4v) is 4.24. The molecule has 0 saturated carbocycles. The van der Waals surface area contributed by atoms with Gasteiger partial charge in [-0.05, 0) is 37.8 Å². The zero-order valence-electron chi connectivity index (χ0n) is 15.2. The maximum absolute atomic E-state index is 13.0. The minimum absolute atomic E-state index is 0. The molecule has 2 N–H and O–H groups in total. The summed E-state index contributed by atoms with van der Waals surface area (Å²) < 4.78 is 1.62. The maximum Gasteiger partial charge on any atom is 0.259 e. The topological polar surface area (TPSA) is 96.8 Å². The van der Waals surface area contributed by atoms with Gasteiger partial charge in [-0.3, -0.25) is 9.59 Å². The summed E-state index contributed by atoms with van der Waals surface area (Å²) in [4.78, 5) is 33.5. The highest BCUT2D eigenvalue weighted by molar-refractivity contribution is 5.99. The van der Waals surface area contributed by atoms with Crippen LogP contribution in [-0.2, 0) is 4.79 Å². The molecule has 2 aromatic heterocycles. The number of hydrogen-bond acceptors (Lipinski definition) is 5. The van der Waals surface area contributed by atoms with E-state index in [-0.39, 0.29) is 30.3 Å². The number of aromatic nitrogens is 3. The molecule has 2 amide bonds. The minimum atomic E-state index is -0.0254. The molecule has 0 spiro atoms. The third-order valence-electron chi connectivity index (χ3n) is 5.54. The van der Waals surface area contributed by atoms with Crippen molar-refractivity contribution in [3.05, 3.63) is 30.2 Å². The van der Waals surface area contributed by atoms with E-state index >= 15 is 0 Å². The molecule has 0 unspecified atom stereocenters. The number of amides is 2. The van der Waals surface area contributed by atoms with Gasteiger partial charge in [-0.1, -0.05) is 0 Å². The van der Waals surface area contributed by atoms with Crippen molar-refractivity contribution in [2.24, 2.45) is 11.7 Å². The quantitative estimate of drug-likeness (QED) is 0.835. The van der Waals surface area contributed by atoms with Crippen LogP contribution in [-0.4, -0.2) is 68.4 Å². The van der Waals surface area contributed by atoms with Crippen LogP contribution in [0.15, 0.2) is 24.7 Å². The van der Waals surface area contributed by atoms with E-state index in [0.717, 1.165) is 25.8 Å². The highest BCUT2D eigenvalue weighted by atomic mass is 35.5. The van der Waals surface area contributed by atoms with Crippen LogP contribution in [0.2, 0.25) is 0 Å². The van der Waals surface area contributed by atoms with Crippen LogP contribution in [0, 0.1) is 5.92 Å². The molecule has 0 aromatic carbocycles. The first-order valence-corrected chi connectivity index (χ1v) is 9.26. The zero-order chi connectivity index (χ0) is 18.1. The highest BCUT2D eigenvalue weighted by Crippen LogP contribution is 2.32. The van der Waals surface area contributed by atoms with Gasteiger partial charge in [-0.25, -0.2) is 9.50 Å². The first kappa shape index (κ1) is 19.6. The normalized spacial score (nSPS) is 22.5. The van der Waals surface area contributed by atoms with Gasteiger partial charge >= 0.3 is 0 Å². The monoisotopic (exact) mass is 392 g/mol. The molecule has 4 heterocycles. The zero-order valence-corrected chi connectivity index (χ0v) is 16.0. The third-order valence-corrected chi connectivity index (χ3v) is 5.54. The third kappa shape index (κ3) is 3.64. The summed E-state index contributed by atoms with van der Waals surface area (Å²) in [5.41, 5.74) is 6.74. The van der Waals surface area contributed by atoms with Crippen molar-refractivity contribution in [3.63, 3.8) is 0 Å². The first-order chi connectivity index (χ1) is 12.7. The standard InChI is InChI=1S/C18H24N6O2.ClH/c19-6-1-8-23-15-5-10-22(12-13(15)3-4-16(23)25)18(26)14-11-21-24-9-2-7-20-17(14)24;/h2,7,9,11,13,15H,1,3-6,8,10,12,19H2;1H/t13-,15+;/m0./s1. The minimum Gasteiger partial charge on any atom is -0.339 e. The Morgan fingerprint density at radius 1 is 1.33 bits per heavy atom. The first-order valence-electron chi connectivity index (χ1n) is 9.26. The molecule has 2 atom stereocenters. The van der Waals surface area contributed by atoms with E-state index in [4.69, 9.17) is 5.73 Å². The molecule has 0 radical (unpaired) electrons. The number of carbonyl (C=O) groups excluding carboxylic acids is 2. The average molecular weight is 393 g/mol. The second-order valence-corrected chi connectivity index (χ2v) is 7.08. The van der Waals surface area contributed by atoms with Crippen LogP contribution in [0.25, 0.3) is 5.65 Å². The van der Waals surface area contributed by atoms with E-state index in [0.29, 0.717) is 43.2 Å². The lowest BCUT2D eigenvalue weighted by Crippen LogP contribution is -2.57. The molecular formula is C18H25ClN6O2. The Kier molecular flexibility index (Phi) is 5.96. The van der Waals surface area contributed by atoms with E-state index in [1.165, 1.54) is 0 Å². The second kappa shape index (κ2) is 8.22. The van der Waals surface area contributed by atoms with Crippen LogP contribution >= 0.6 is 12.4 Å². The number of likely N-dealkylation sites (tertiary alicyclic amines) is 2. The predicted octanol–water partition coefficient (Wildman–Crippen LogP) is 0.953. The van der Waals surface area contributed by atoms with Gasteiger partial charge in [0.05, 0.1) is 6.20 Å². The molecule has 27 heavy (non-hydrogen) atoms. The largest absolute Gasteiger partial charge is 0.339 e. The lowest BCUT2D eigenvalue weighted by atomic mass is 9.83. The Morgan fingerprint density at radius 3 is 3.00 bits per heavy atom. The van der Waals surface area contributed by atoms with Crippen molar-refractivity contribution in [1.29, 1.82) is 0 Å². The molecular weight excluding hydrogens is 368 g/mol. The van der Waals surface area contributed by atoms with Crippen molar-refractivity contribution in [1.82, 2.24) is 24.4 Å². The summed E-state index contributed by atoms with van der Waals surface area (Å²) in [6.07, 6.45) is 8.10. The lowest BCUT2D eigenvalue weighted by Gasteiger charge is -2.47. The van der Waals surface area contributed by atoms with E-state index in [1.807, 2.05) is 9.80 Å². The Labute approximate surface area is 164 Å². The fraction of sp³-hybridized carbons (Fsp3) is 0.556. The van der Waals surface area contributed by atoms with Gasteiger partial charge in [0.1, 0.15) is 5.56 Å².